The summed E-state index contributed by atoms with van der Waals surface area (Å²) in [5.74, 6) is 1.70. The maximum atomic E-state index is 6.30. The van der Waals surface area contributed by atoms with E-state index < -0.39 is 0 Å². The number of hydrogen-bond acceptors (Lipinski definition) is 1. The Morgan fingerprint density at radius 1 is 1.00 bits per heavy atom. The van der Waals surface area contributed by atoms with Crippen LogP contribution in [0.3, 0.4) is 0 Å². The third-order valence-electron chi connectivity index (χ3n) is 2.38. The smallest absolute Gasteiger partial charge is 0.126 e. The number of alkyl halides is 1. The van der Waals surface area contributed by atoms with Crippen LogP contribution >= 0.6 is 11.6 Å². The summed E-state index contributed by atoms with van der Waals surface area (Å²) in [5.41, 5.74) is 2.30. The first kappa shape index (κ1) is 10.3. The third-order valence-corrected chi connectivity index (χ3v) is 2.85. The monoisotopic (exact) mass is 220 g/mol. The van der Waals surface area contributed by atoms with Crippen molar-refractivity contribution >= 4 is 11.6 Å². The maximum Gasteiger partial charge on any atom is 0.126 e. The SMILES string of the molecule is Cc1ccc(C(Cl)c2ccc(C)o2)cc1. The van der Waals surface area contributed by atoms with Crippen molar-refractivity contribution in [1.29, 1.82) is 0 Å². The summed E-state index contributed by atoms with van der Waals surface area (Å²) in [6.07, 6.45) is 0. The first-order valence-corrected chi connectivity index (χ1v) is 5.37. The molecule has 0 aliphatic carbocycles. The van der Waals surface area contributed by atoms with Gasteiger partial charge in [-0.2, -0.15) is 0 Å². The molecule has 15 heavy (non-hydrogen) atoms. The van der Waals surface area contributed by atoms with Crippen LogP contribution in [0.1, 0.15) is 28.0 Å². The van der Waals surface area contributed by atoms with E-state index in [2.05, 4.69) is 19.1 Å². The lowest BCUT2D eigenvalue weighted by molar-refractivity contribution is 0.489. The van der Waals surface area contributed by atoms with Crippen LogP contribution in [0.2, 0.25) is 0 Å². The van der Waals surface area contributed by atoms with Crippen LogP contribution in [0, 0.1) is 13.8 Å². The highest BCUT2D eigenvalue weighted by atomic mass is 35.5. The van der Waals surface area contributed by atoms with Crippen LogP contribution in [0.4, 0.5) is 0 Å². The van der Waals surface area contributed by atoms with E-state index in [1.807, 2.05) is 31.2 Å². The molecule has 0 amide bonds. The molecule has 0 bridgehead atoms. The summed E-state index contributed by atoms with van der Waals surface area (Å²) < 4.78 is 5.50. The number of benzene rings is 1. The Labute approximate surface area is 94.7 Å². The first-order chi connectivity index (χ1) is 7.16. The molecule has 2 rings (SSSR count). The largest absolute Gasteiger partial charge is 0.464 e. The number of halogens is 1. The van der Waals surface area contributed by atoms with E-state index in [1.165, 1.54) is 5.56 Å². The van der Waals surface area contributed by atoms with Crippen LogP contribution in [0.25, 0.3) is 0 Å². The van der Waals surface area contributed by atoms with Gasteiger partial charge in [0.15, 0.2) is 0 Å². The maximum absolute atomic E-state index is 6.30. The second kappa shape index (κ2) is 4.11. The van der Waals surface area contributed by atoms with Crippen molar-refractivity contribution in [2.24, 2.45) is 0 Å². The highest BCUT2D eigenvalue weighted by molar-refractivity contribution is 6.22. The topological polar surface area (TPSA) is 13.1 Å². The van der Waals surface area contributed by atoms with Gasteiger partial charge < -0.3 is 4.42 Å². The Hall–Kier alpha value is -1.21. The van der Waals surface area contributed by atoms with Crippen molar-refractivity contribution in [3.05, 3.63) is 59.0 Å². The Morgan fingerprint density at radius 2 is 1.67 bits per heavy atom. The van der Waals surface area contributed by atoms with Gasteiger partial charge in [0.25, 0.3) is 0 Å². The minimum atomic E-state index is -0.195. The average molecular weight is 221 g/mol. The fourth-order valence-corrected chi connectivity index (χ4v) is 1.75. The van der Waals surface area contributed by atoms with Gasteiger partial charge in [-0.05, 0) is 31.5 Å². The van der Waals surface area contributed by atoms with E-state index in [0.717, 1.165) is 17.1 Å². The molecule has 0 N–H and O–H groups in total. The second-order valence-electron chi connectivity index (χ2n) is 3.72. The normalized spacial score (nSPS) is 12.7. The van der Waals surface area contributed by atoms with Crippen molar-refractivity contribution in [1.82, 2.24) is 0 Å². The fraction of sp³-hybridized carbons (Fsp3) is 0.231. The van der Waals surface area contributed by atoms with E-state index >= 15 is 0 Å². The minimum Gasteiger partial charge on any atom is -0.464 e. The zero-order valence-corrected chi connectivity index (χ0v) is 9.58. The molecule has 2 heteroatoms. The molecule has 78 valence electrons. The molecule has 1 aromatic heterocycles. The standard InChI is InChI=1S/C13H13ClO/c1-9-3-6-11(7-4-9)13(14)12-8-5-10(2)15-12/h3-8,13H,1-2H3. The molecule has 1 heterocycles. The molecule has 0 spiro atoms. The average Bonchev–Trinajstić information content (AvgIpc) is 2.65. The van der Waals surface area contributed by atoms with Crippen molar-refractivity contribution in [2.75, 3.05) is 0 Å². The molecule has 1 unspecified atom stereocenters. The van der Waals surface area contributed by atoms with Gasteiger partial charge in [0.1, 0.15) is 16.9 Å². The van der Waals surface area contributed by atoms with Gasteiger partial charge in [0.05, 0.1) is 0 Å². The van der Waals surface area contributed by atoms with Crippen LogP contribution in [-0.2, 0) is 0 Å². The number of hydrogen-bond donors (Lipinski definition) is 0. The van der Waals surface area contributed by atoms with Gasteiger partial charge in [0, 0.05) is 0 Å². The molecule has 0 aliphatic heterocycles. The fourth-order valence-electron chi connectivity index (χ4n) is 1.49. The molecule has 0 saturated carbocycles. The van der Waals surface area contributed by atoms with E-state index in [0.29, 0.717) is 0 Å². The van der Waals surface area contributed by atoms with Gasteiger partial charge >= 0.3 is 0 Å². The Kier molecular flexibility index (Phi) is 2.83. The Morgan fingerprint density at radius 3 is 2.20 bits per heavy atom. The molecule has 0 radical (unpaired) electrons. The summed E-state index contributed by atoms with van der Waals surface area (Å²) in [6.45, 7) is 3.98. The predicted molar refractivity (Wildman–Crippen MR) is 62.3 cm³/mol. The van der Waals surface area contributed by atoms with Gasteiger partial charge in [-0.3, -0.25) is 0 Å². The predicted octanol–water partition coefficient (Wildman–Crippen LogP) is 4.22. The van der Waals surface area contributed by atoms with Gasteiger partial charge in [-0.15, -0.1) is 11.6 Å². The Bertz CT molecular complexity index is 442. The number of rotatable bonds is 2. The lowest BCUT2D eigenvalue weighted by atomic mass is 10.1. The third kappa shape index (κ3) is 2.24. The summed E-state index contributed by atoms with van der Waals surface area (Å²) >= 11 is 6.30. The van der Waals surface area contributed by atoms with Crippen LogP contribution in [-0.4, -0.2) is 0 Å². The second-order valence-corrected chi connectivity index (χ2v) is 4.16. The van der Waals surface area contributed by atoms with Crippen molar-refractivity contribution in [2.45, 2.75) is 19.2 Å². The molecule has 0 saturated heterocycles. The summed E-state index contributed by atoms with van der Waals surface area (Å²) in [4.78, 5) is 0. The Balaban J connectivity index is 2.28. The lowest BCUT2D eigenvalue weighted by Gasteiger charge is -2.06. The number of aryl methyl sites for hydroxylation is 2. The zero-order chi connectivity index (χ0) is 10.8. The van der Waals surface area contributed by atoms with E-state index in [-0.39, 0.29) is 5.38 Å². The first-order valence-electron chi connectivity index (χ1n) is 4.94. The molecule has 1 aromatic carbocycles. The van der Waals surface area contributed by atoms with Crippen LogP contribution < -0.4 is 0 Å². The summed E-state index contributed by atoms with van der Waals surface area (Å²) in [6, 6.07) is 12.0. The molecular weight excluding hydrogens is 208 g/mol. The quantitative estimate of drug-likeness (QED) is 0.691. The summed E-state index contributed by atoms with van der Waals surface area (Å²) in [7, 11) is 0. The molecule has 1 nitrogen and oxygen atoms in total. The van der Waals surface area contributed by atoms with Crippen LogP contribution in [0.15, 0.2) is 40.8 Å². The minimum absolute atomic E-state index is 0.195. The molecular formula is C13H13ClO. The highest BCUT2D eigenvalue weighted by Crippen LogP contribution is 2.29. The van der Waals surface area contributed by atoms with E-state index in [4.69, 9.17) is 16.0 Å². The van der Waals surface area contributed by atoms with E-state index in [9.17, 15) is 0 Å². The zero-order valence-electron chi connectivity index (χ0n) is 8.83. The van der Waals surface area contributed by atoms with Gasteiger partial charge in [-0.25, -0.2) is 0 Å². The summed E-state index contributed by atoms with van der Waals surface area (Å²) in [5, 5.41) is -0.195. The van der Waals surface area contributed by atoms with Gasteiger partial charge in [-0.1, -0.05) is 29.8 Å². The van der Waals surface area contributed by atoms with E-state index in [1.54, 1.807) is 0 Å². The van der Waals surface area contributed by atoms with Gasteiger partial charge in [0.2, 0.25) is 0 Å². The van der Waals surface area contributed by atoms with Crippen molar-refractivity contribution in [3.8, 4) is 0 Å². The number of furan rings is 1. The molecule has 0 fully saturated rings. The molecule has 1 atom stereocenters. The lowest BCUT2D eigenvalue weighted by Crippen LogP contribution is -1.90. The van der Waals surface area contributed by atoms with Crippen molar-refractivity contribution in [3.63, 3.8) is 0 Å². The highest BCUT2D eigenvalue weighted by Gasteiger charge is 2.13. The van der Waals surface area contributed by atoms with Crippen LogP contribution in [0.5, 0.6) is 0 Å². The molecule has 2 aromatic rings. The molecule has 0 aliphatic rings. The van der Waals surface area contributed by atoms with Crippen molar-refractivity contribution < 1.29 is 4.42 Å².